The summed E-state index contributed by atoms with van der Waals surface area (Å²) in [6, 6.07) is 7.89. The Balaban J connectivity index is 2.37. The maximum atomic E-state index is 7.43. The molecular formula is C16H23N5. The summed E-state index contributed by atoms with van der Waals surface area (Å²) in [5, 5.41) is 7.43. The van der Waals surface area contributed by atoms with Crippen molar-refractivity contribution in [3.8, 4) is 0 Å². The smallest absolute Gasteiger partial charge is 0.150 e. The van der Waals surface area contributed by atoms with Crippen molar-refractivity contribution in [1.29, 1.82) is 5.41 Å². The van der Waals surface area contributed by atoms with Gasteiger partial charge in [0.05, 0.1) is 22.6 Å². The highest BCUT2D eigenvalue weighted by atomic mass is 15.2. The maximum absolute atomic E-state index is 7.43. The van der Waals surface area contributed by atoms with E-state index in [0.29, 0.717) is 18.9 Å². The van der Waals surface area contributed by atoms with E-state index in [2.05, 4.69) is 23.7 Å². The van der Waals surface area contributed by atoms with Crippen molar-refractivity contribution in [3.63, 3.8) is 0 Å². The van der Waals surface area contributed by atoms with Crippen LogP contribution in [0.25, 0.3) is 11.0 Å². The van der Waals surface area contributed by atoms with Crippen LogP contribution in [0.4, 0.5) is 5.82 Å². The lowest BCUT2D eigenvalue weighted by Gasteiger charge is -2.26. The number of nitrogens with two attached hydrogens (primary N) is 1. The van der Waals surface area contributed by atoms with Crippen LogP contribution in [0.3, 0.4) is 0 Å². The summed E-state index contributed by atoms with van der Waals surface area (Å²) < 4.78 is 0. The fraction of sp³-hybridized carbons (Fsp3) is 0.438. The molecule has 2 aromatic rings. The zero-order valence-electron chi connectivity index (χ0n) is 12.9. The third-order valence-corrected chi connectivity index (χ3v) is 3.26. The topological polar surface area (TPSA) is 78.9 Å². The van der Waals surface area contributed by atoms with Crippen molar-refractivity contribution in [2.75, 3.05) is 18.0 Å². The minimum Gasteiger partial charge on any atom is -0.388 e. The summed E-state index contributed by atoms with van der Waals surface area (Å²) in [6.45, 7) is 7.90. The number of anilines is 1. The molecule has 0 atom stereocenters. The van der Waals surface area contributed by atoms with Gasteiger partial charge in [-0.3, -0.25) is 5.41 Å². The lowest BCUT2D eigenvalue weighted by atomic mass is 10.2. The quantitative estimate of drug-likeness (QED) is 0.632. The molecular weight excluding hydrogens is 262 g/mol. The third kappa shape index (κ3) is 3.90. The predicted molar refractivity (Wildman–Crippen MR) is 87.9 cm³/mol. The average Bonchev–Trinajstić information content (AvgIpc) is 2.42. The third-order valence-electron chi connectivity index (χ3n) is 3.26. The standard InChI is InChI=1S/C16H23N5/c1-11(2)10-21(9-8-15(17)18)16-12(3)19-13-6-4-5-7-14(13)20-16/h4-7,11H,8-10H2,1-3H3,(H3,17,18). The minimum atomic E-state index is 0.204. The van der Waals surface area contributed by atoms with Gasteiger partial charge in [-0.05, 0) is 25.0 Å². The van der Waals surface area contributed by atoms with E-state index in [0.717, 1.165) is 29.1 Å². The Bertz CT molecular complexity index is 636. The lowest BCUT2D eigenvalue weighted by Crippen LogP contribution is -2.32. The van der Waals surface area contributed by atoms with Crippen molar-refractivity contribution in [3.05, 3.63) is 30.0 Å². The number of hydrogen-bond donors (Lipinski definition) is 2. The number of fused-ring (bicyclic) bond motifs is 1. The van der Waals surface area contributed by atoms with Crippen LogP contribution in [-0.4, -0.2) is 28.9 Å². The molecule has 1 aromatic carbocycles. The molecule has 0 amide bonds. The van der Waals surface area contributed by atoms with E-state index in [9.17, 15) is 0 Å². The number of aromatic nitrogens is 2. The first-order valence-corrected chi connectivity index (χ1v) is 7.28. The van der Waals surface area contributed by atoms with Crippen LogP contribution in [0.1, 0.15) is 26.0 Å². The zero-order valence-corrected chi connectivity index (χ0v) is 12.9. The fourth-order valence-electron chi connectivity index (χ4n) is 2.36. The van der Waals surface area contributed by atoms with Gasteiger partial charge in [0, 0.05) is 19.5 Å². The molecule has 0 aliphatic rings. The largest absolute Gasteiger partial charge is 0.388 e. The van der Waals surface area contributed by atoms with Gasteiger partial charge in [0.2, 0.25) is 0 Å². The number of rotatable bonds is 6. The Morgan fingerprint density at radius 2 is 1.86 bits per heavy atom. The molecule has 0 unspecified atom stereocenters. The predicted octanol–water partition coefficient (Wildman–Crippen LogP) is 2.73. The average molecular weight is 285 g/mol. The summed E-state index contributed by atoms with van der Waals surface area (Å²) in [7, 11) is 0. The Labute approximate surface area is 125 Å². The fourth-order valence-corrected chi connectivity index (χ4v) is 2.36. The highest BCUT2D eigenvalue weighted by Gasteiger charge is 2.15. The monoisotopic (exact) mass is 285 g/mol. The van der Waals surface area contributed by atoms with Gasteiger partial charge in [-0.2, -0.15) is 0 Å². The maximum Gasteiger partial charge on any atom is 0.150 e. The Hall–Kier alpha value is -2.17. The second-order valence-electron chi connectivity index (χ2n) is 5.74. The van der Waals surface area contributed by atoms with E-state index >= 15 is 0 Å². The van der Waals surface area contributed by atoms with Crippen molar-refractivity contribution in [1.82, 2.24) is 9.97 Å². The van der Waals surface area contributed by atoms with Crippen molar-refractivity contribution < 1.29 is 0 Å². The first kappa shape index (κ1) is 15.2. The van der Waals surface area contributed by atoms with Crippen LogP contribution in [-0.2, 0) is 0 Å². The first-order valence-electron chi connectivity index (χ1n) is 7.28. The van der Waals surface area contributed by atoms with Crippen LogP contribution in [0.15, 0.2) is 24.3 Å². The molecule has 0 radical (unpaired) electrons. The highest BCUT2D eigenvalue weighted by Crippen LogP contribution is 2.21. The number of aryl methyl sites for hydroxylation is 1. The van der Waals surface area contributed by atoms with Gasteiger partial charge in [0.25, 0.3) is 0 Å². The van der Waals surface area contributed by atoms with Crippen LogP contribution in [0.5, 0.6) is 0 Å². The zero-order chi connectivity index (χ0) is 15.4. The minimum absolute atomic E-state index is 0.204. The van der Waals surface area contributed by atoms with Gasteiger partial charge < -0.3 is 10.6 Å². The molecule has 5 nitrogen and oxygen atoms in total. The molecule has 21 heavy (non-hydrogen) atoms. The van der Waals surface area contributed by atoms with E-state index < -0.39 is 0 Å². The Morgan fingerprint density at radius 1 is 1.24 bits per heavy atom. The number of amidine groups is 1. The van der Waals surface area contributed by atoms with Gasteiger partial charge >= 0.3 is 0 Å². The summed E-state index contributed by atoms with van der Waals surface area (Å²) in [4.78, 5) is 11.6. The van der Waals surface area contributed by atoms with E-state index in [1.807, 2.05) is 31.2 Å². The molecule has 1 heterocycles. The number of hydrogen-bond acceptors (Lipinski definition) is 4. The molecule has 0 aliphatic heterocycles. The number of para-hydroxylation sites is 2. The SMILES string of the molecule is Cc1nc2ccccc2nc1N(CCC(=N)N)CC(C)C. The molecule has 0 saturated carbocycles. The normalized spacial score (nSPS) is 11.0. The molecule has 112 valence electrons. The van der Waals surface area contributed by atoms with Crippen molar-refractivity contribution in [2.24, 2.45) is 11.7 Å². The van der Waals surface area contributed by atoms with Gasteiger partial charge in [0.1, 0.15) is 0 Å². The van der Waals surface area contributed by atoms with Gasteiger partial charge in [-0.15, -0.1) is 0 Å². The summed E-state index contributed by atoms with van der Waals surface area (Å²) in [6.07, 6.45) is 0.542. The van der Waals surface area contributed by atoms with Crippen LogP contribution >= 0.6 is 0 Å². The van der Waals surface area contributed by atoms with Gasteiger partial charge in [-0.25, -0.2) is 9.97 Å². The Morgan fingerprint density at radius 3 is 2.43 bits per heavy atom. The molecule has 0 spiro atoms. The molecule has 2 rings (SSSR count). The second kappa shape index (κ2) is 6.52. The van der Waals surface area contributed by atoms with Gasteiger partial charge in [-0.1, -0.05) is 26.0 Å². The number of nitrogens with zero attached hydrogens (tertiary/aromatic N) is 3. The molecule has 0 bridgehead atoms. The summed E-state index contributed by atoms with van der Waals surface area (Å²) in [5.74, 6) is 1.60. The van der Waals surface area contributed by atoms with Crippen LogP contribution in [0.2, 0.25) is 0 Å². The van der Waals surface area contributed by atoms with Crippen molar-refractivity contribution >= 4 is 22.7 Å². The molecule has 5 heteroatoms. The number of benzene rings is 1. The number of nitrogens with one attached hydrogen (secondary N) is 1. The van der Waals surface area contributed by atoms with E-state index in [-0.39, 0.29) is 5.84 Å². The van der Waals surface area contributed by atoms with E-state index in [1.165, 1.54) is 0 Å². The molecule has 0 aliphatic carbocycles. The lowest BCUT2D eigenvalue weighted by molar-refractivity contribution is 0.607. The van der Waals surface area contributed by atoms with E-state index in [4.69, 9.17) is 16.1 Å². The molecule has 3 N–H and O–H groups in total. The molecule has 1 aromatic heterocycles. The summed E-state index contributed by atoms with van der Waals surface area (Å²) in [5.41, 5.74) is 8.22. The van der Waals surface area contributed by atoms with E-state index in [1.54, 1.807) is 0 Å². The summed E-state index contributed by atoms with van der Waals surface area (Å²) >= 11 is 0. The van der Waals surface area contributed by atoms with Gasteiger partial charge in [0.15, 0.2) is 5.82 Å². The first-order chi connectivity index (χ1) is 9.97. The Kier molecular flexibility index (Phi) is 4.73. The van der Waals surface area contributed by atoms with Crippen LogP contribution in [0, 0.1) is 18.3 Å². The van der Waals surface area contributed by atoms with Crippen molar-refractivity contribution in [2.45, 2.75) is 27.2 Å². The molecule has 0 fully saturated rings. The molecule has 0 saturated heterocycles. The highest BCUT2D eigenvalue weighted by molar-refractivity contribution is 5.78. The van der Waals surface area contributed by atoms with Crippen LogP contribution < -0.4 is 10.6 Å². The second-order valence-corrected chi connectivity index (χ2v) is 5.74.